The molecule has 4 aromatic heterocycles. The lowest BCUT2D eigenvalue weighted by Gasteiger charge is -2.35. The van der Waals surface area contributed by atoms with Crippen LogP contribution in [0.15, 0.2) is 34.0 Å². The van der Waals surface area contributed by atoms with E-state index in [-0.39, 0.29) is 11.9 Å². The van der Waals surface area contributed by atoms with E-state index in [1.807, 2.05) is 6.92 Å². The van der Waals surface area contributed by atoms with Crippen molar-refractivity contribution in [3.63, 3.8) is 0 Å². The SMILES string of the molecule is Cc1nc(SCC(=O)N2CCc3sccc3C2c2cccs2)c2c(C)c(C)sc2n1. The number of hydrogen-bond donors (Lipinski definition) is 0. The van der Waals surface area contributed by atoms with E-state index in [0.717, 1.165) is 34.0 Å². The molecule has 1 amide bonds. The van der Waals surface area contributed by atoms with Crippen molar-refractivity contribution in [2.45, 2.75) is 38.3 Å². The minimum absolute atomic E-state index is 0.0328. The Balaban J connectivity index is 1.43. The topological polar surface area (TPSA) is 46.1 Å². The predicted molar refractivity (Wildman–Crippen MR) is 128 cm³/mol. The summed E-state index contributed by atoms with van der Waals surface area (Å²) in [5.74, 6) is 1.32. The first-order valence-electron chi connectivity index (χ1n) is 9.79. The molecule has 0 spiro atoms. The maximum atomic E-state index is 13.4. The highest BCUT2D eigenvalue weighted by molar-refractivity contribution is 8.00. The standard InChI is InChI=1S/C22H21N3OS4/c1-12-13(2)30-22-19(12)21(23-14(3)24-22)29-11-18(26)25-8-6-16-15(7-10-28-16)20(25)17-5-4-9-27-17/h4-5,7,9-10,20H,6,8,11H2,1-3H3. The number of aromatic nitrogens is 2. The van der Waals surface area contributed by atoms with Crippen LogP contribution >= 0.6 is 45.8 Å². The van der Waals surface area contributed by atoms with Crippen LogP contribution < -0.4 is 0 Å². The molecule has 4 nitrogen and oxygen atoms in total. The number of carbonyl (C=O) groups excluding carboxylic acids is 1. The zero-order chi connectivity index (χ0) is 20.8. The zero-order valence-corrected chi connectivity index (χ0v) is 20.2. The van der Waals surface area contributed by atoms with Gasteiger partial charge >= 0.3 is 0 Å². The number of rotatable bonds is 4. The van der Waals surface area contributed by atoms with Gasteiger partial charge in [0, 0.05) is 26.6 Å². The fourth-order valence-corrected chi connectivity index (χ4v) is 7.89. The van der Waals surface area contributed by atoms with Crippen molar-refractivity contribution in [3.05, 3.63) is 60.5 Å². The number of thioether (sulfide) groups is 1. The van der Waals surface area contributed by atoms with Crippen molar-refractivity contribution >= 4 is 61.9 Å². The van der Waals surface area contributed by atoms with Crippen molar-refractivity contribution in [2.24, 2.45) is 0 Å². The third-order valence-electron chi connectivity index (χ3n) is 5.54. The van der Waals surface area contributed by atoms with Crippen LogP contribution in [-0.2, 0) is 11.2 Å². The molecule has 30 heavy (non-hydrogen) atoms. The summed E-state index contributed by atoms with van der Waals surface area (Å²) in [6.07, 6.45) is 0.935. The molecule has 1 unspecified atom stereocenters. The molecule has 0 radical (unpaired) electrons. The number of nitrogens with zero attached hydrogens (tertiary/aromatic N) is 3. The summed E-state index contributed by atoms with van der Waals surface area (Å²) in [7, 11) is 0. The third kappa shape index (κ3) is 3.49. The van der Waals surface area contributed by atoms with Crippen LogP contribution in [0.2, 0.25) is 0 Å². The fourth-order valence-electron chi connectivity index (χ4n) is 3.97. The molecule has 0 saturated carbocycles. The summed E-state index contributed by atoms with van der Waals surface area (Å²) >= 11 is 6.78. The lowest BCUT2D eigenvalue weighted by Crippen LogP contribution is -2.40. The average Bonchev–Trinajstić information content (AvgIpc) is 3.46. The molecule has 0 bridgehead atoms. The molecule has 8 heteroatoms. The Morgan fingerprint density at radius 2 is 2.07 bits per heavy atom. The first-order chi connectivity index (χ1) is 14.5. The Kier molecular flexibility index (Phi) is 5.43. The average molecular weight is 472 g/mol. The lowest BCUT2D eigenvalue weighted by atomic mass is 9.98. The van der Waals surface area contributed by atoms with Crippen LogP contribution in [0.3, 0.4) is 0 Å². The van der Waals surface area contributed by atoms with Gasteiger partial charge < -0.3 is 4.90 Å². The highest BCUT2D eigenvalue weighted by Crippen LogP contribution is 2.40. The smallest absolute Gasteiger partial charge is 0.233 e. The summed E-state index contributed by atoms with van der Waals surface area (Å²) in [5, 5.41) is 6.27. The molecule has 0 fully saturated rings. The molecule has 154 valence electrons. The van der Waals surface area contributed by atoms with E-state index in [1.54, 1.807) is 45.8 Å². The van der Waals surface area contributed by atoms with Gasteiger partial charge in [0.15, 0.2) is 0 Å². The molecule has 0 N–H and O–H groups in total. The molecule has 1 aliphatic rings. The second kappa shape index (κ2) is 8.07. The van der Waals surface area contributed by atoms with Gasteiger partial charge in [-0.15, -0.1) is 34.0 Å². The van der Waals surface area contributed by atoms with Crippen LogP contribution in [0.4, 0.5) is 0 Å². The van der Waals surface area contributed by atoms with Gasteiger partial charge in [-0.2, -0.15) is 0 Å². The number of amides is 1. The largest absolute Gasteiger partial charge is 0.330 e. The molecular formula is C22H21N3OS4. The van der Waals surface area contributed by atoms with E-state index in [1.165, 1.54) is 25.8 Å². The van der Waals surface area contributed by atoms with E-state index >= 15 is 0 Å². The van der Waals surface area contributed by atoms with Crippen LogP contribution in [0.5, 0.6) is 0 Å². The number of carbonyl (C=O) groups is 1. The summed E-state index contributed by atoms with van der Waals surface area (Å²) in [6, 6.07) is 6.43. The van der Waals surface area contributed by atoms with Crippen LogP contribution in [-0.4, -0.2) is 33.1 Å². The van der Waals surface area contributed by atoms with Crippen LogP contribution in [0.1, 0.15) is 37.6 Å². The van der Waals surface area contributed by atoms with E-state index in [2.05, 4.69) is 57.7 Å². The van der Waals surface area contributed by atoms with Crippen molar-refractivity contribution < 1.29 is 4.79 Å². The lowest BCUT2D eigenvalue weighted by molar-refractivity contribution is -0.130. The predicted octanol–water partition coefficient (Wildman–Crippen LogP) is 6.01. The van der Waals surface area contributed by atoms with Gasteiger partial charge in [0.1, 0.15) is 15.7 Å². The Bertz CT molecular complexity index is 1220. The Labute approximate surface area is 192 Å². The maximum absolute atomic E-state index is 13.4. The minimum Gasteiger partial charge on any atom is -0.330 e. The monoisotopic (exact) mass is 471 g/mol. The summed E-state index contributed by atoms with van der Waals surface area (Å²) in [4.78, 5) is 29.7. The normalized spacial score (nSPS) is 16.2. The van der Waals surface area contributed by atoms with Gasteiger partial charge in [-0.25, -0.2) is 9.97 Å². The highest BCUT2D eigenvalue weighted by atomic mass is 32.2. The van der Waals surface area contributed by atoms with Crippen molar-refractivity contribution in [1.82, 2.24) is 14.9 Å². The van der Waals surface area contributed by atoms with Gasteiger partial charge in [-0.1, -0.05) is 17.8 Å². The summed E-state index contributed by atoms with van der Waals surface area (Å²) in [5.41, 5.74) is 2.51. The highest BCUT2D eigenvalue weighted by Gasteiger charge is 2.33. The molecule has 5 heterocycles. The van der Waals surface area contributed by atoms with E-state index in [0.29, 0.717) is 5.75 Å². The first-order valence-corrected chi connectivity index (χ1v) is 13.4. The van der Waals surface area contributed by atoms with E-state index in [9.17, 15) is 4.79 Å². The minimum atomic E-state index is 0.0328. The van der Waals surface area contributed by atoms with Gasteiger partial charge in [-0.05, 0) is 61.2 Å². The summed E-state index contributed by atoms with van der Waals surface area (Å²) in [6.45, 7) is 6.93. The molecule has 4 aromatic rings. The quantitative estimate of drug-likeness (QED) is 0.270. The second-order valence-electron chi connectivity index (χ2n) is 7.38. The molecule has 1 aliphatic heterocycles. The molecule has 0 aliphatic carbocycles. The van der Waals surface area contributed by atoms with Crippen molar-refractivity contribution in [3.8, 4) is 0 Å². The van der Waals surface area contributed by atoms with Crippen LogP contribution in [0.25, 0.3) is 10.2 Å². The molecular weight excluding hydrogens is 451 g/mol. The Hall–Kier alpha value is -1.74. The third-order valence-corrected chi connectivity index (χ3v) is 9.52. The van der Waals surface area contributed by atoms with E-state index in [4.69, 9.17) is 0 Å². The van der Waals surface area contributed by atoms with Crippen molar-refractivity contribution in [2.75, 3.05) is 12.3 Å². The van der Waals surface area contributed by atoms with Gasteiger partial charge in [0.05, 0.1) is 11.8 Å². The zero-order valence-electron chi connectivity index (χ0n) is 17.0. The molecule has 5 rings (SSSR count). The number of hydrogen-bond acceptors (Lipinski definition) is 7. The van der Waals surface area contributed by atoms with Gasteiger partial charge in [0.25, 0.3) is 0 Å². The second-order valence-corrected chi connectivity index (χ2v) is 11.5. The summed E-state index contributed by atoms with van der Waals surface area (Å²) < 4.78 is 0. The first kappa shape index (κ1) is 20.2. The van der Waals surface area contributed by atoms with Gasteiger partial charge in [0.2, 0.25) is 5.91 Å². The molecule has 0 aromatic carbocycles. The van der Waals surface area contributed by atoms with Gasteiger partial charge in [-0.3, -0.25) is 4.79 Å². The number of fused-ring (bicyclic) bond motifs is 2. The van der Waals surface area contributed by atoms with Crippen LogP contribution in [0, 0.1) is 20.8 Å². The van der Waals surface area contributed by atoms with E-state index < -0.39 is 0 Å². The fraction of sp³-hybridized carbons (Fsp3) is 0.318. The molecule has 1 atom stereocenters. The van der Waals surface area contributed by atoms with Crippen molar-refractivity contribution in [1.29, 1.82) is 0 Å². The maximum Gasteiger partial charge on any atom is 0.233 e. The molecule has 0 saturated heterocycles. The number of aryl methyl sites for hydroxylation is 3. The number of thiophene rings is 3. The Morgan fingerprint density at radius 3 is 2.87 bits per heavy atom. The Morgan fingerprint density at radius 1 is 1.20 bits per heavy atom.